The number of benzene rings is 2. The summed E-state index contributed by atoms with van der Waals surface area (Å²) < 4.78 is 10.1. The Kier molecular flexibility index (Phi) is 2.68. The minimum atomic E-state index is -0.560. The lowest BCUT2D eigenvalue weighted by Gasteiger charge is -2.30. The lowest BCUT2D eigenvalue weighted by Crippen LogP contribution is -2.36. The van der Waals surface area contributed by atoms with E-state index in [9.17, 15) is 9.59 Å². The van der Waals surface area contributed by atoms with Crippen LogP contribution in [0.25, 0.3) is 10.8 Å². The van der Waals surface area contributed by atoms with Gasteiger partial charge >= 0.3 is 11.9 Å². The van der Waals surface area contributed by atoms with Gasteiger partial charge in [0, 0.05) is 24.2 Å². The van der Waals surface area contributed by atoms with Crippen molar-refractivity contribution in [1.29, 1.82) is 0 Å². The summed E-state index contributed by atoms with van der Waals surface area (Å²) in [5, 5.41) is 1.73. The third-order valence-corrected chi connectivity index (χ3v) is 3.98. The van der Waals surface area contributed by atoms with E-state index in [4.69, 9.17) is 9.47 Å². The first-order valence-corrected chi connectivity index (χ1v) is 6.90. The monoisotopic (exact) mass is 283 g/mol. The summed E-state index contributed by atoms with van der Waals surface area (Å²) in [6, 6.07) is 9.40. The Bertz CT molecular complexity index is 762. The largest absolute Gasteiger partial charge is 0.386 e. The van der Waals surface area contributed by atoms with Gasteiger partial charge in [0.1, 0.15) is 0 Å². The molecule has 21 heavy (non-hydrogen) atoms. The van der Waals surface area contributed by atoms with Crippen molar-refractivity contribution in [3.63, 3.8) is 0 Å². The van der Waals surface area contributed by atoms with Crippen LogP contribution in [0.1, 0.15) is 20.7 Å². The third kappa shape index (κ3) is 1.81. The molecular weight excluding hydrogens is 270 g/mol. The molecule has 0 radical (unpaired) electrons. The molecule has 1 saturated heterocycles. The van der Waals surface area contributed by atoms with E-state index in [1.54, 1.807) is 6.07 Å². The van der Waals surface area contributed by atoms with Gasteiger partial charge in [0.25, 0.3) is 0 Å². The van der Waals surface area contributed by atoms with Gasteiger partial charge in [-0.15, -0.1) is 0 Å². The van der Waals surface area contributed by atoms with E-state index >= 15 is 0 Å². The molecule has 2 aliphatic heterocycles. The summed E-state index contributed by atoms with van der Waals surface area (Å²) >= 11 is 0. The van der Waals surface area contributed by atoms with Crippen LogP contribution in [0.2, 0.25) is 0 Å². The van der Waals surface area contributed by atoms with E-state index in [0.29, 0.717) is 24.3 Å². The summed E-state index contributed by atoms with van der Waals surface area (Å²) in [4.78, 5) is 26.0. The molecule has 0 atom stereocenters. The maximum absolute atomic E-state index is 11.9. The van der Waals surface area contributed by atoms with Gasteiger partial charge in [-0.2, -0.15) is 0 Å². The van der Waals surface area contributed by atoms with E-state index in [1.165, 1.54) is 0 Å². The molecule has 1 fully saturated rings. The van der Waals surface area contributed by atoms with Gasteiger partial charge in [0.05, 0.1) is 24.3 Å². The predicted molar refractivity (Wildman–Crippen MR) is 76.7 cm³/mol. The fourth-order valence-electron chi connectivity index (χ4n) is 2.99. The van der Waals surface area contributed by atoms with E-state index in [-0.39, 0.29) is 0 Å². The number of esters is 2. The first-order valence-electron chi connectivity index (χ1n) is 6.90. The minimum Gasteiger partial charge on any atom is -0.386 e. The van der Waals surface area contributed by atoms with Crippen LogP contribution in [-0.2, 0) is 9.47 Å². The molecular formula is C16H13NO4. The number of morpholine rings is 1. The first-order chi connectivity index (χ1) is 10.3. The molecule has 0 N–H and O–H groups in total. The Morgan fingerprint density at radius 3 is 2.43 bits per heavy atom. The lowest BCUT2D eigenvalue weighted by atomic mass is 9.98. The van der Waals surface area contributed by atoms with Crippen molar-refractivity contribution in [2.45, 2.75) is 0 Å². The summed E-state index contributed by atoms with van der Waals surface area (Å²) in [5.74, 6) is -1.12. The number of hydrogen-bond acceptors (Lipinski definition) is 5. The molecule has 0 unspecified atom stereocenters. The predicted octanol–water partition coefficient (Wildman–Crippen LogP) is 1.99. The first kappa shape index (κ1) is 12.3. The molecule has 5 nitrogen and oxygen atoms in total. The molecule has 5 heteroatoms. The molecule has 2 aromatic rings. The Labute approximate surface area is 121 Å². The summed E-state index contributed by atoms with van der Waals surface area (Å²) in [5.41, 5.74) is 1.70. The number of hydrogen-bond donors (Lipinski definition) is 0. The van der Waals surface area contributed by atoms with Crippen LogP contribution >= 0.6 is 0 Å². The number of anilines is 1. The molecule has 0 bridgehead atoms. The molecule has 0 aromatic heterocycles. The summed E-state index contributed by atoms with van der Waals surface area (Å²) in [7, 11) is 0. The van der Waals surface area contributed by atoms with Crippen molar-refractivity contribution in [2.75, 3.05) is 31.2 Å². The molecule has 0 spiro atoms. The number of ether oxygens (including phenoxy) is 2. The SMILES string of the molecule is O=C1OC(=O)c2c1cc(N1CCOCC1)c1ccccc21. The number of fused-ring (bicyclic) bond motifs is 3. The molecule has 0 aliphatic carbocycles. The van der Waals surface area contributed by atoms with Crippen LogP contribution in [0, 0.1) is 0 Å². The number of carbonyl (C=O) groups is 2. The second kappa shape index (κ2) is 4.56. The van der Waals surface area contributed by atoms with Crippen LogP contribution in [0.5, 0.6) is 0 Å². The molecule has 0 amide bonds. The highest BCUT2D eigenvalue weighted by Crippen LogP contribution is 2.36. The van der Waals surface area contributed by atoms with Gasteiger partial charge in [0.15, 0.2) is 0 Å². The van der Waals surface area contributed by atoms with E-state index in [2.05, 4.69) is 4.90 Å². The standard InChI is InChI=1S/C16H13NO4/c18-15-12-9-13(17-5-7-20-8-6-17)10-3-1-2-4-11(10)14(12)16(19)21-15/h1-4,9H,5-8H2. The second-order valence-electron chi connectivity index (χ2n) is 5.14. The summed E-state index contributed by atoms with van der Waals surface area (Å²) in [6.07, 6.45) is 0. The van der Waals surface area contributed by atoms with Gasteiger partial charge < -0.3 is 14.4 Å². The maximum Gasteiger partial charge on any atom is 0.347 e. The zero-order valence-corrected chi connectivity index (χ0v) is 11.3. The Balaban J connectivity index is 1.99. The molecule has 0 saturated carbocycles. The zero-order chi connectivity index (χ0) is 14.4. The van der Waals surface area contributed by atoms with Crippen LogP contribution in [-0.4, -0.2) is 38.2 Å². The van der Waals surface area contributed by atoms with Crippen molar-refractivity contribution in [3.05, 3.63) is 41.5 Å². The summed E-state index contributed by atoms with van der Waals surface area (Å²) in [6.45, 7) is 2.86. The Morgan fingerprint density at radius 2 is 1.67 bits per heavy atom. The molecule has 4 rings (SSSR count). The third-order valence-electron chi connectivity index (χ3n) is 3.98. The van der Waals surface area contributed by atoms with Crippen molar-refractivity contribution in [3.8, 4) is 0 Å². The maximum atomic E-state index is 11.9. The van der Waals surface area contributed by atoms with E-state index < -0.39 is 11.9 Å². The van der Waals surface area contributed by atoms with E-state index in [1.807, 2.05) is 24.3 Å². The highest BCUT2D eigenvalue weighted by molar-refractivity contribution is 6.23. The Hall–Kier alpha value is -2.40. The fourth-order valence-corrected chi connectivity index (χ4v) is 2.99. The zero-order valence-electron chi connectivity index (χ0n) is 11.3. The highest BCUT2D eigenvalue weighted by Gasteiger charge is 2.33. The van der Waals surface area contributed by atoms with Gasteiger partial charge in [-0.25, -0.2) is 9.59 Å². The fraction of sp³-hybridized carbons (Fsp3) is 0.250. The topological polar surface area (TPSA) is 55.8 Å². The van der Waals surface area contributed by atoms with Crippen molar-refractivity contribution < 1.29 is 19.1 Å². The number of nitrogens with zero attached hydrogens (tertiary/aromatic N) is 1. The normalized spacial score (nSPS) is 18.0. The van der Waals surface area contributed by atoms with Crippen LogP contribution in [0.15, 0.2) is 30.3 Å². The van der Waals surface area contributed by atoms with Crippen molar-refractivity contribution in [1.82, 2.24) is 0 Å². The van der Waals surface area contributed by atoms with Gasteiger partial charge in [-0.05, 0) is 11.5 Å². The van der Waals surface area contributed by atoms with Crippen LogP contribution in [0.4, 0.5) is 5.69 Å². The smallest absolute Gasteiger partial charge is 0.347 e. The van der Waals surface area contributed by atoms with E-state index in [0.717, 1.165) is 29.5 Å². The van der Waals surface area contributed by atoms with Crippen LogP contribution < -0.4 is 4.90 Å². The molecule has 2 aromatic carbocycles. The van der Waals surface area contributed by atoms with Crippen molar-refractivity contribution >= 4 is 28.4 Å². The quantitative estimate of drug-likeness (QED) is 0.592. The number of carbonyl (C=O) groups excluding carboxylic acids is 2. The Morgan fingerprint density at radius 1 is 0.952 bits per heavy atom. The van der Waals surface area contributed by atoms with Gasteiger partial charge in [0.2, 0.25) is 0 Å². The van der Waals surface area contributed by atoms with Crippen molar-refractivity contribution in [2.24, 2.45) is 0 Å². The molecule has 2 heterocycles. The average Bonchev–Trinajstić information content (AvgIpc) is 2.82. The van der Waals surface area contributed by atoms with Gasteiger partial charge in [-0.1, -0.05) is 24.3 Å². The number of rotatable bonds is 1. The average molecular weight is 283 g/mol. The highest BCUT2D eigenvalue weighted by atomic mass is 16.6. The molecule has 2 aliphatic rings. The van der Waals surface area contributed by atoms with Crippen LogP contribution in [0.3, 0.4) is 0 Å². The number of cyclic esters (lactones) is 2. The molecule has 106 valence electrons. The lowest BCUT2D eigenvalue weighted by molar-refractivity contribution is 0.0444. The van der Waals surface area contributed by atoms with Gasteiger partial charge in [-0.3, -0.25) is 0 Å². The second-order valence-corrected chi connectivity index (χ2v) is 5.14. The minimum absolute atomic E-state index is 0.361.